The highest BCUT2D eigenvalue weighted by atomic mass is 35.5. The maximum atomic E-state index is 13.7. The standard InChI is InChI=1S/C24H29Cl2NO6S2/c1-5-16(13-35(31,32)24(2,3)4)27-21(18-9-10-19(26)34-18)22(14-7-6-8-15(25)11-14)33-17(23(27)30)12-20(28)29/h6-11,16-17,21-22H,5,12-13H2,1-4H3,(H,28,29)/t16-,17+,21+,22+/m0/s1. The van der Waals surface area contributed by atoms with Crippen LogP contribution in [0.4, 0.5) is 0 Å². The normalized spacial score (nSPS) is 22.3. The molecule has 1 aromatic heterocycles. The van der Waals surface area contributed by atoms with Gasteiger partial charge in [-0.2, -0.15) is 0 Å². The van der Waals surface area contributed by atoms with Crippen LogP contribution in [0.1, 0.15) is 63.1 Å². The van der Waals surface area contributed by atoms with Crippen LogP contribution >= 0.6 is 34.5 Å². The topological polar surface area (TPSA) is 101 Å². The fourth-order valence-corrected chi connectivity index (χ4v) is 6.86. The number of hydrogen-bond donors (Lipinski definition) is 1. The van der Waals surface area contributed by atoms with Gasteiger partial charge in [-0.15, -0.1) is 11.3 Å². The van der Waals surface area contributed by atoms with Crippen LogP contribution in [0.3, 0.4) is 0 Å². The average Bonchev–Trinajstić information content (AvgIpc) is 3.18. The second-order valence-corrected chi connectivity index (χ2v) is 14.5. The van der Waals surface area contributed by atoms with Crippen molar-refractivity contribution in [3.8, 4) is 0 Å². The van der Waals surface area contributed by atoms with Crippen LogP contribution in [0.15, 0.2) is 36.4 Å². The van der Waals surface area contributed by atoms with Crippen LogP contribution in [0.25, 0.3) is 0 Å². The molecule has 1 aliphatic rings. The van der Waals surface area contributed by atoms with E-state index in [1.807, 2.05) is 6.92 Å². The Balaban J connectivity index is 2.19. The molecule has 1 saturated heterocycles. The SMILES string of the molecule is CC[C@@H](CS(=O)(=O)C(C)(C)C)N1C(=O)[C@@H](CC(=O)O)O[C@H](c2cccc(Cl)c2)[C@H]1c1ccc(Cl)s1. The molecule has 7 nitrogen and oxygen atoms in total. The molecule has 1 amide bonds. The molecule has 3 rings (SSSR count). The number of carboxylic acids is 1. The number of thiophene rings is 1. The molecule has 11 heteroatoms. The summed E-state index contributed by atoms with van der Waals surface area (Å²) in [4.78, 5) is 27.5. The van der Waals surface area contributed by atoms with Crippen molar-refractivity contribution in [2.24, 2.45) is 0 Å². The van der Waals surface area contributed by atoms with E-state index in [-0.39, 0.29) is 5.75 Å². The number of benzene rings is 1. The van der Waals surface area contributed by atoms with Crippen molar-refractivity contribution in [3.05, 3.63) is 56.2 Å². The molecule has 1 aliphatic heterocycles. The molecule has 0 unspecified atom stereocenters. The van der Waals surface area contributed by atoms with Gasteiger partial charge >= 0.3 is 5.97 Å². The lowest BCUT2D eigenvalue weighted by atomic mass is 9.93. The Kier molecular flexibility index (Phi) is 8.59. The number of morpholine rings is 1. The molecule has 192 valence electrons. The van der Waals surface area contributed by atoms with Gasteiger partial charge in [-0.1, -0.05) is 42.3 Å². The smallest absolute Gasteiger partial charge is 0.306 e. The van der Waals surface area contributed by atoms with E-state index in [1.54, 1.807) is 57.2 Å². The predicted octanol–water partition coefficient (Wildman–Crippen LogP) is 5.53. The van der Waals surface area contributed by atoms with Gasteiger partial charge in [-0.25, -0.2) is 8.42 Å². The van der Waals surface area contributed by atoms with Gasteiger partial charge in [0.2, 0.25) is 0 Å². The largest absolute Gasteiger partial charge is 0.481 e. The van der Waals surface area contributed by atoms with E-state index in [9.17, 15) is 23.1 Å². The molecular weight excluding hydrogens is 533 g/mol. The highest BCUT2D eigenvalue weighted by Crippen LogP contribution is 2.47. The zero-order chi connectivity index (χ0) is 26.1. The summed E-state index contributed by atoms with van der Waals surface area (Å²) >= 11 is 13.7. The molecule has 1 N–H and O–H groups in total. The number of sulfone groups is 1. The molecule has 0 radical (unpaired) electrons. The minimum Gasteiger partial charge on any atom is -0.481 e. The van der Waals surface area contributed by atoms with E-state index in [4.69, 9.17) is 27.9 Å². The first-order valence-electron chi connectivity index (χ1n) is 11.2. The highest BCUT2D eigenvalue weighted by molar-refractivity contribution is 7.92. The van der Waals surface area contributed by atoms with Crippen molar-refractivity contribution in [1.29, 1.82) is 0 Å². The third kappa shape index (κ3) is 6.20. The number of halogens is 2. The first kappa shape index (κ1) is 27.9. The molecule has 0 spiro atoms. The first-order valence-corrected chi connectivity index (χ1v) is 14.4. The molecule has 0 bridgehead atoms. The number of rotatable bonds is 8. The van der Waals surface area contributed by atoms with E-state index in [2.05, 4.69) is 0 Å². The van der Waals surface area contributed by atoms with E-state index < -0.39 is 57.2 Å². The molecule has 1 aromatic carbocycles. The summed E-state index contributed by atoms with van der Waals surface area (Å²) in [7, 11) is -3.61. The maximum absolute atomic E-state index is 13.7. The number of carbonyl (C=O) groups is 2. The fraction of sp³-hybridized carbons (Fsp3) is 0.500. The van der Waals surface area contributed by atoms with Gasteiger partial charge < -0.3 is 14.7 Å². The number of nitrogens with zero attached hydrogens (tertiary/aromatic N) is 1. The van der Waals surface area contributed by atoms with Crippen molar-refractivity contribution in [2.45, 2.75) is 69.6 Å². The monoisotopic (exact) mass is 561 g/mol. The van der Waals surface area contributed by atoms with Crippen LogP contribution < -0.4 is 0 Å². The van der Waals surface area contributed by atoms with E-state index in [0.717, 1.165) is 0 Å². The predicted molar refractivity (Wildman–Crippen MR) is 138 cm³/mol. The van der Waals surface area contributed by atoms with Crippen molar-refractivity contribution >= 4 is 56.3 Å². The third-order valence-electron chi connectivity index (χ3n) is 6.06. The number of hydrogen-bond acceptors (Lipinski definition) is 6. The summed E-state index contributed by atoms with van der Waals surface area (Å²) in [6.45, 7) is 6.67. The van der Waals surface area contributed by atoms with E-state index >= 15 is 0 Å². The van der Waals surface area contributed by atoms with E-state index in [0.29, 0.717) is 26.2 Å². The van der Waals surface area contributed by atoms with Gasteiger partial charge in [-0.05, 0) is 57.0 Å². The number of amides is 1. The zero-order valence-corrected chi connectivity index (χ0v) is 23.0. The molecular formula is C24H29Cl2NO6S2. The third-order valence-corrected chi connectivity index (χ3v) is 10.3. The Labute approximate surface area is 219 Å². The summed E-state index contributed by atoms with van der Waals surface area (Å²) in [5, 5.41) is 9.92. The molecule has 0 saturated carbocycles. The van der Waals surface area contributed by atoms with Crippen molar-refractivity contribution in [2.75, 3.05) is 5.75 Å². The first-order chi connectivity index (χ1) is 16.2. The van der Waals surface area contributed by atoms with E-state index in [1.165, 1.54) is 16.2 Å². The van der Waals surface area contributed by atoms with Crippen LogP contribution in [-0.2, 0) is 24.2 Å². The van der Waals surface area contributed by atoms with Gasteiger partial charge in [0.15, 0.2) is 9.84 Å². The second kappa shape index (κ2) is 10.8. The minimum absolute atomic E-state index is 0.267. The highest BCUT2D eigenvalue weighted by Gasteiger charge is 2.49. The number of ether oxygens (including phenoxy) is 1. The molecule has 0 aliphatic carbocycles. The van der Waals surface area contributed by atoms with Crippen LogP contribution in [0.2, 0.25) is 9.36 Å². The van der Waals surface area contributed by atoms with Gasteiger partial charge in [0.25, 0.3) is 5.91 Å². The lowest BCUT2D eigenvalue weighted by molar-refractivity contribution is -0.182. The molecule has 1 fully saturated rings. The average molecular weight is 563 g/mol. The van der Waals surface area contributed by atoms with Gasteiger partial charge in [0.1, 0.15) is 12.2 Å². The molecule has 2 aromatic rings. The van der Waals surface area contributed by atoms with Crippen molar-refractivity contribution in [1.82, 2.24) is 4.90 Å². The summed E-state index contributed by atoms with van der Waals surface area (Å²) < 4.78 is 32.0. The maximum Gasteiger partial charge on any atom is 0.306 e. The Bertz CT molecular complexity index is 1190. The quantitative estimate of drug-likeness (QED) is 0.454. The lowest BCUT2D eigenvalue weighted by Gasteiger charge is -2.47. The molecule has 4 atom stereocenters. The summed E-state index contributed by atoms with van der Waals surface area (Å²) in [5.41, 5.74) is 0.647. The second-order valence-electron chi connectivity index (χ2n) is 9.49. The lowest BCUT2D eigenvalue weighted by Crippen LogP contribution is -2.57. The number of aliphatic carboxylic acids is 1. The molecule has 35 heavy (non-hydrogen) atoms. The Hall–Kier alpha value is -1.65. The van der Waals surface area contributed by atoms with Gasteiger partial charge in [0, 0.05) is 15.9 Å². The minimum atomic E-state index is -3.61. The summed E-state index contributed by atoms with van der Waals surface area (Å²) in [6, 6.07) is 8.99. The number of carbonyl (C=O) groups excluding carboxylic acids is 1. The van der Waals surface area contributed by atoms with Crippen LogP contribution in [-0.4, -0.2) is 52.9 Å². The Morgan fingerprint density at radius 1 is 1.23 bits per heavy atom. The summed E-state index contributed by atoms with van der Waals surface area (Å²) in [5.74, 6) is -2.02. The van der Waals surface area contributed by atoms with Crippen LogP contribution in [0, 0.1) is 0 Å². The van der Waals surface area contributed by atoms with Crippen LogP contribution in [0.5, 0.6) is 0 Å². The Morgan fingerprint density at radius 2 is 1.91 bits per heavy atom. The van der Waals surface area contributed by atoms with Gasteiger partial charge in [0.05, 0.1) is 27.3 Å². The van der Waals surface area contributed by atoms with Gasteiger partial charge in [-0.3, -0.25) is 9.59 Å². The summed E-state index contributed by atoms with van der Waals surface area (Å²) in [6.07, 6.45) is -2.27. The fourth-order valence-electron chi connectivity index (χ4n) is 4.08. The zero-order valence-electron chi connectivity index (χ0n) is 19.9. The number of carboxylic acid groups (broad SMARTS) is 1. The van der Waals surface area contributed by atoms with Crippen molar-refractivity contribution in [3.63, 3.8) is 0 Å². The van der Waals surface area contributed by atoms with Crippen molar-refractivity contribution < 1.29 is 27.9 Å². The Morgan fingerprint density at radius 3 is 2.43 bits per heavy atom. The molecule has 2 heterocycles.